The van der Waals surface area contributed by atoms with Crippen LogP contribution in [-0.4, -0.2) is 6.04 Å². The molecule has 4 unspecified atom stereocenters. The fourth-order valence-electron chi connectivity index (χ4n) is 3.25. The van der Waals surface area contributed by atoms with Crippen LogP contribution in [0, 0.1) is 17.8 Å². The molecule has 1 fully saturated rings. The Kier molecular flexibility index (Phi) is 4.94. The average molecular weight is 197 g/mol. The number of rotatable bonds is 4. The summed E-state index contributed by atoms with van der Waals surface area (Å²) in [6.45, 7) is 6.89. The molecule has 0 spiro atoms. The molecule has 0 heterocycles. The molecule has 1 rings (SSSR count). The van der Waals surface area contributed by atoms with Gasteiger partial charge in [0.05, 0.1) is 0 Å². The van der Waals surface area contributed by atoms with Gasteiger partial charge in [-0.3, -0.25) is 0 Å². The Morgan fingerprint density at radius 1 is 1.21 bits per heavy atom. The van der Waals surface area contributed by atoms with Gasteiger partial charge in [-0.15, -0.1) is 0 Å². The summed E-state index contributed by atoms with van der Waals surface area (Å²) in [5, 5.41) is 0. The van der Waals surface area contributed by atoms with Crippen molar-refractivity contribution in [2.45, 2.75) is 65.3 Å². The van der Waals surface area contributed by atoms with Gasteiger partial charge in [0.1, 0.15) is 0 Å². The highest BCUT2D eigenvalue weighted by molar-refractivity contribution is 4.79. The maximum Gasteiger partial charge on any atom is 0.00131 e. The lowest BCUT2D eigenvalue weighted by Gasteiger charge is -2.36. The Labute approximate surface area is 89.5 Å². The normalized spacial score (nSPS) is 32.6. The first-order valence-electron chi connectivity index (χ1n) is 6.40. The van der Waals surface area contributed by atoms with Gasteiger partial charge in [-0.25, -0.2) is 0 Å². The summed E-state index contributed by atoms with van der Waals surface area (Å²) in [5.74, 6) is 2.78. The molecular weight excluding hydrogens is 170 g/mol. The lowest BCUT2D eigenvalue weighted by atomic mass is 9.70. The first-order chi connectivity index (χ1) is 6.65. The number of nitrogens with two attached hydrogens (primary N) is 1. The predicted octanol–water partition coefficient (Wildman–Crippen LogP) is 3.58. The van der Waals surface area contributed by atoms with E-state index in [9.17, 15) is 0 Å². The molecule has 1 saturated carbocycles. The van der Waals surface area contributed by atoms with Crippen LogP contribution in [0.5, 0.6) is 0 Å². The van der Waals surface area contributed by atoms with E-state index in [-0.39, 0.29) is 0 Å². The highest BCUT2D eigenvalue weighted by atomic mass is 14.6. The van der Waals surface area contributed by atoms with Crippen LogP contribution in [0.1, 0.15) is 59.3 Å². The van der Waals surface area contributed by atoms with Gasteiger partial charge in [0, 0.05) is 6.04 Å². The smallest absolute Gasteiger partial charge is 0.00131 e. The summed E-state index contributed by atoms with van der Waals surface area (Å²) < 4.78 is 0. The molecule has 1 aliphatic rings. The van der Waals surface area contributed by atoms with Crippen molar-refractivity contribution in [3.8, 4) is 0 Å². The summed E-state index contributed by atoms with van der Waals surface area (Å²) in [7, 11) is 0. The van der Waals surface area contributed by atoms with Crippen LogP contribution < -0.4 is 5.73 Å². The number of hydrogen-bond acceptors (Lipinski definition) is 1. The van der Waals surface area contributed by atoms with E-state index < -0.39 is 0 Å². The quantitative estimate of drug-likeness (QED) is 0.732. The Hall–Kier alpha value is -0.0400. The van der Waals surface area contributed by atoms with E-state index in [2.05, 4.69) is 20.8 Å². The van der Waals surface area contributed by atoms with Gasteiger partial charge in [-0.05, 0) is 37.5 Å². The van der Waals surface area contributed by atoms with E-state index in [1.54, 1.807) is 0 Å². The molecule has 0 aromatic carbocycles. The molecule has 0 radical (unpaired) electrons. The largest absolute Gasteiger partial charge is 0.328 e. The molecule has 1 nitrogen and oxygen atoms in total. The van der Waals surface area contributed by atoms with E-state index >= 15 is 0 Å². The van der Waals surface area contributed by atoms with Gasteiger partial charge in [0.2, 0.25) is 0 Å². The Bertz CT molecular complexity index is 153. The Balaban J connectivity index is 2.45. The summed E-state index contributed by atoms with van der Waals surface area (Å²) >= 11 is 0. The van der Waals surface area contributed by atoms with E-state index in [0.29, 0.717) is 6.04 Å². The zero-order valence-corrected chi connectivity index (χ0v) is 10.1. The van der Waals surface area contributed by atoms with Gasteiger partial charge < -0.3 is 5.73 Å². The molecule has 0 saturated heterocycles. The van der Waals surface area contributed by atoms with Crippen molar-refractivity contribution >= 4 is 0 Å². The zero-order chi connectivity index (χ0) is 10.6. The minimum atomic E-state index is 0.379. The Morgan fingerprint density at radius 2 is 1.86 bits per heavy atom. The predicted molar refractivity (Wildman–Crippen MR) is 63.2 cm³/mol. The molecule has 0 aromatic rings. The van der Waals surface area contributed by atoms with Crippen LogP contribution in [0.25, 0.3) is 0 Å². The van der Waals surface area contributed by atoms with Crippen molar-refractivity contribution in [3.63, 3.8) is 0 Å². The fourth-order valence-corrected chi connectivity index (χ4v) is 3.25. The Morgan fingerprint density at radius 3 is 2.43 bits per heavy atom. The molecule has 14 heavy (non-hydrogen) atoms. The molecule has 84 valence electrons. The summed E-state index contributed by atoms with van der Waals surface area (Å²) in [4.78, 5) is 0. The second kappa shape index (κ2) is 5.75. The molecule has 0 amide bonds. The fraction of sp³-hybridized carbons (Fsp3) is 1.00. The highest BCUT2D eigenvalue weighted by Gasteiger charge is 2.28. The van der Waals surface area contributed by atoms with Crippen molar-refractivity contribution in [2.75, 3.05) is 0 Å². The van der Waals surface area contributed by atoms with Crippen LogP contribution in [0.4, 0.5) is 0 Å². The third-order valence-corrected chi connectivity index (χ3v) is 3.97. The maximum absolute atomic E-state index is 5.89. The lowest BCUT2D eigenvalue weighted by molar-refractivity contribution is 0.155. The van der Waals surface area contributed by atoms with Crippen LogP contribution in [0.2, 0.25) is 0 Å². The van der Waals surface area contributed by atoms with Crippen LogP contribution in [-0.2, 0) is 0 Å². The van der Waals surface area contributed by atoms with E-state index in [4.69, 9.17) is 5.73 Å². The van der Waals surface area contributed by atoms with Crippen molar-refractivity contribution in [1.29, 1.82) is 0 Å². The van der Waals surface area contributed by atoms with Crippen molar-refractivity contribution in [1.82, 2.24) is 0 Å². The van der Waals surface area contributed by atoms with Crippen molar-refractivity contribution in [2.24, 2.45) is 23.5 Å². The van der Waals surface area contributed by atoms with Crippen LogP contribution in [0.3, 0.4) is 0 Å². The van der Waals surface area contributed by atoms with E-state index in [1.807, 2.05) is 0 Å². The average Bonchev–Trinajstić information content (AvgIpc) is 2.16. The molecule has 0 aliphatic heterocycles. The minimum Gasteiger partial charge on any atom is -0.328 e. The third kappa shape index (κ3) is 3.27. The molecule has 1 heteroatoms. The molecule has 4 atom stereocenters. The first kappa shape index (κ1) is 12.0. The molecular formula is C13H27N. The topological polar surface area (TPSA) is 26.0 Å². The third-order valence-electron chi connectivity index (χ3n) is 3.97. The summed E-state index contributed by atoms with van der Waals surface area (Å²) in [6.07, 6.45) is 8.40. The maximum atomic E-state index is 5.89. The highest BCUT2D eigenvalue weighted by Crippen LogP contribution is 2.38. The van der Waals surface area contributed by atoms with Gasteiger partial charge in [0.15, 0.2) is 0 Å². The summed E-state index contributed by atoms with van der Waals surface area (Å²) in [5.41, 5.74) is 5.89. The first-order valence-corrected chi connectivity index (χ1v) is 6.40. The molecule has 1 aliphatic carbocycles. The lowest BCUT2D eigenvalue weighted by Crippen LogP contribution is -2.29. The van der Waals surface area contributed by atoms with Crippen molar-refractivity contribution in [3.05, 3.63) is 0 Å². The SMILES string of the molecule is CCC1CCCCC1C(C)CC(C)N. The van der Waals surface area contributed by atoms with Gasteiger partial charge in [-0.2, -0.15) is 0 Å². The van der Waals surface area contributed by atoms with Crippen molar-refractivity contribution < 1.29 is 0 Å². The van der Waals surface area contributed by atoms with Crippen LogP contribution >= 0.6 is 0 Å². The monoisotopic (exact) mass is 197 g/mol. The standard InChI is InChI=1S/C13H27N/c1-4-12-7-5-6-8-13(12)10(2)9-11(3)14/h10-13H,4-9,14H2,1-3H3. The van der Waals surface area contributed by atoms with Gasteiger partial charge >= 0.3 is 0 Å². The summed E-state index contributed by atoms with van der Waals surface area (Å²) in [6, 6.07) is 0.379. The van der Waals surface area contributed by atoms with Crippen LogP contribution in [0.15, 0.2) is 0 Å². The number of hydrogen-bond donors (Lipinski definition) is 1. The van der Waals surface area contributed by atoms with Gasteiger partial charge in [-0.1, -0.05) is 39.5 Å². The van der Waals surface area contributed by atoms with E-state index in [1.165, 1.54) is 38.5 Å². The molecule has 0 aromatic heterocycles. The zero-order valence-electron chi connectivity index (χ0n) is 10.1. The van der Waals surface area contributed by atoms with E-state index in [0.717, 1.165) is 17.8 Å². The molecule has 0 bridgehead atoms. The van der Waals surface area contributed by atoms with Gasteiger partial charge in [0.25, 0.3) is 0 Å². The molecule has 2 N–H and O–H groups in total. The minimum absolute atomic E-state index is 0.379. The second-order valence-corrected chi connectivity index (χ2v) is 5.31. The second-order valence-electron chi connectivity index (χ2n) is 5.31.